The number of nitrogens with one attached hydrogen (secondary N) is 2. The second-order valence-corrected chi connectivity index (χ2v) is 5.24. The fourth-order valence-corrected chi connectivity index (χ4v) is 2.47. The maximum Gasteiger partial charge on any atom is 0.225 e. The van der Waals surface area contributed by atoms with Crippen LogP contribution in [0.25, 0.3) is 11.3 Å². The number of hydrogen-bond acceptors (Lipinski definition) is 6. The van der Waals surface area contributed by atoms with Gasteiger partial charge in [-0.1, -0.05) is 0 Å². The molecule has 2 N–H and O–H groups in total. The van der Waals surface area contributed by atoms with E-state index in [1.165, 1.54) is 0 Å². The standard InChI is InChI=1S/C16H21N5O/c1-2-18-16-20-14(12-5-7-17-8-6-12)10-15(21-16)19-11-13-4-3-9-22-13/h5-8,10,13H,2-4,9,11H2,1H3,(H2,18,19,20,21)/t13-/m1/s1. The molecule has 0 radical (unpaired) electrons. The number of nitrogens with zero attached hydrogens (tertiary/aromatic N) is 3. The molecule has 1 saturated heterocycles. The van der Waals surface area contributed by atoms with E-state index in [1.54, 1.807) is 12.4 Å². The number of rotatable bonds is 6. The lowest BCUT2D eigenvalue weighted by Gasteiger charge is -2.13. The molecule has 3 rings (SSSR count). The van der Waals surface area contributed by atoms with Crippen LogP contribution in [0.4, 0.5) is 11.8 Å². The van der Waals surface area contributed by atoms with Gasteiger partial charge in [-0.05, 0) is 31.9 Å². The molecule has 2 aromatic rings. The Morgan fingerprint density at radius 1 is 1.23 bits per heavy atom. The smallest absolute Gasteiger partial charge is 0.225 e. The summed E-state index contributed by atoms with van der Waals surface area (Å²) in [6.07, 6.45) is 6.06. The second kappa shape index (κ2) is 7.17. The predicted molar refractivity (Wildman–Crippen MR) is 86.9 cm³/mol. The minimum absolute atomic E-state index is 0.280. The number of ether oxygens (including phenoxy) is 1. The molecule has 3 heterocycles. The molecule has 6 nitrogen and oxygen atoms in total. The Hall–Kier alpha value is -2.21. The van der Waals surface area contributed by atoms with E-state index >= 15 is 0 Å². The molecule has 1 aliphatic heterocycles. The lowest BCUT2D eigenvalue weighted by Crippen LogP contribution is -2.19. The van der Waals surface area contributed by atoms with Gasteiger partial charge in [0, 0.05) is 43.7 Å². The Labute approximate surface area is 130 Å². The Kier molecular flexibility index (Phi) is 4.80. The molecule has 0 aliphatic carbocycles. The minimum Gasteiger partial charge on any atom is -0.376 e. The van der Waals surface area contributed by atoms with Gasteiger partial charge in [0.15, 0.2) is 0 Å². The fraction of sp³-hybridized carbons (Fsp3) is 0.438. The first kappa shape index (κ1) is 14.7. The van der Waals surface area contributed by atoms with Crippen molar-refractivity contribution in [1.82, 2.24) is 15.0 Å². The van der Waals surface area contributed by atoms with Crippen molar-refractivity contribution in [3.05, 3.63) is 30.6 Å². The highest BCUT2D eigenvalue weighted by Gasteiger charge is 2.15. The molecule has 1 fully saturated rings. The van der Waals surface area contributed by atoms with E-state index < -0.39 is 0 Å². The number of anilines is 2. The van der Waals surface area contributed by atoms with Gasteiger partial charge in [0.1, 0.15) is 5.82 Å². The van der Waals surface area contributed by atoms with E-state index in [9.17, 15) is 0 Å². The first-order chi connectivity index (χ1) is 10.8. The minimum atomic E-state index is 0.280. The Balaban J connectivity index is 1.80. The molecule has 22 heavy (non-hydrogen) atoms. The van der Waals surface area contributed by atoms with Crippen LogP contribution in [0.1, 0.15) is 19.8 Å². The van der Waals surface area contributed by atoms with E-state index in [0.29, 0.717) is 5.95 Å². The third-order valence-electron chi connectivity index (χ3n) is 3.57. The van der Waals surface area contributed by atoms with E-state index in [2.05, 4.69) is 25.6 Å². The van der Waals surface area contributed by atoms with Crippen molar-refractivity contribution in [3.8, 4) is 11.3 Å². The SMILES string of the molecule is CCNc1nc(NC[C@H]2CCCO2)cc(-c2ccncc2)n1. The number of hydrogen-bond donors (Lipinski definition) is 2. The molecule has 0 bridgehead atoms. The van der Waals surface area contributed by atoms with E-state index in [-0.39, 0.29) is 6.10 Å². The molecule has 0 aromatic carbocycles. The number of aromatic nitrogens is 3. The van der Waals surface area contributed by atoms with Crippen molar-refractivity contribution in [3.63, 3.8) is 0 Å². The summed E-state index contributed by atoms with van der Waals surface area (Å²) in [4.78, 5) is 13.1. The molecular formula is C16H21N5O. The molecule has 6 heteroatoms. The van der Waals surface area contributed by atoms with Crippen LogP contribution >= 0.6 is 0 Å². The van der Waals surface area contributed by atoms with Crippen LogP contribution in [0.3, 0.4) is 0 Å². The summed E-state index contributed by atoms with van der Waals surface area (Å²) in [6.45, 7) is 4.45. The third-order valence-corrected chi connectivity index (χ3v) is 3.57. The number of pyridine rings is 1. The van der Waals surface area contributed by atoms with Crippen LogP contribution in [0.2, 0.25) is 0 Å². The molecule has 0 saturated carbocycles. The molecule has 1 aliphatic rings. The summed E-state index contributed by atoms with van der Waals surface area (Å²) >= 11 is 0. The lowest BCUT2D eigenvalue weighted by atomic mass is 10.2. The average molecular weight is 299 g/mol. The van der Waals surface area contributed by atoms with Gasteiger partial charge in [-0.25, -0.2) is 4.98 Å². The summed E-state index contributed by atoms with van der Waals surface area (Å²) < 4.78 is 5.64. The van der Waals surface area contributed by atoms with Crippen molar-refractivity contribution in [2.75, 3.05) is 30.3 Å². The van der Waals surface area contributed by atoms with Crippen LogP contribution < -0.4 is 10.6 Å². The lowest BCUT2D eigenvalue weighted by molar-refractivity contribution is 0.120. The molecule has 0 amide bonds. The van der Waals surface area contributed by atoms with E-state index in [4.69, 9.17) is 4.74 Å². The first-order valence-electron chi connectivity index (χ1n) is 7.74. The highest BCUT2D eigenvalue weighted by molar-refractivity contribution is 5.63. The zero-order valence-electron chi connectivity index (χ0n) is 12.7. The Bertz CT molecular complexity index is 599. The summed E-state index contributed by atoms with van der Waals surface area (Å²) in [5.74, 6) is 1.44. The average Bonchev–Trinajstić information content (AvgIpc) is 3.07. The Morgan fingerprint density at radius 3 is 2.82 bits per heavy atom. The highest BCUT2D eigenvalue weighted by Crippen LogP contribution is 2.21. The highest BCUT2D eigenvalue weighted by atomic mass is 16.5. The molecular weight excluding hydrogens is 278 g/mol. The molecule has 1 atom stereocenters. The maximum absolute atomic E-state index is 5.64. The van der Waals surface area contributed by atoms with Gasteiger partial charge >= 0.3 is 0 Å². The van der Waals surface area contributed by atoms with Crippen molar-refractivity contribution in [2.45, 2.75) is 25.9 Å². The summed E-state index contributed by atoms with van der Waals surface area (Å²) in [5.41, 5.74) is 1.90. The van der Waals surface area contributed by atoms with E-state index in [0.717, 1.165) is 49.6 Å². The van der Waals surface area contributed by atoms with Crippen LogP contribution in [-0.4, -0.2) is 40.8 Å². The van der Waals surface area contributed by atoms with E-state index in [1.807, 2.05) is 25.1 Å². The van der Waals surface area contributed by atoms with Gasteiger partial charge in [-0.15, -0.1) is 0 Å². The van der Waals surface area contributed by atoms with Crippen LogP contribution in [-0.2, 0) is 4.74 Å². The normalized spacial score (nSPS) is 17.4. The summed E-state index contributed by atoms with van der Waals surface area (Å²) in [6, 6.07) is 5.86. The van der Waals surface area contributed by atoms with Gasteiger partial charge in [0.05, 0.1) is 11.8 Å². The van der Waals surface area contributed by atoms with Gasteiger partial charge in [0.2, 0.25) is 5.95 Å². The van der Waals surface area contributed by atoms with Gasteiger partial charge in [0.25, 0.3) is 0 Å². The van der Waals surface area contributed by atoms with Gasteiger partial charge < -0.3 is 15.4 Å². The van der Waals surface area contributed by atoms with Crippen molar-refractivity contribution < 1.29 is 4.74 Å². The quantitative estimate of drug-likeness (QED) is 0.854. The topological polar surface area (TPSA) is 72.0 Å². The monoisotopic (exact) mass is 299 g/mol. The fourth-order valence-electron chi connectivity index (χ4n) is 2.47. The molecule has 116 valence electrons. The van der Waals surface area contributed by atoms with Crippen molar-refractivity contribution in [1.29, 1.82) is 0 Å². The Morgan fingerprint density at radius 2 is 2.09 bits per heavy atom. The van der Waals surface area contributed by atoms with Crippen molar-refractivity contribution >= 4 is 11.8 Å². The van der Waals surface area contributed by atoms with Crippen LogP contribution in [0.5, 0.6) is 0 Å². The summed E-state index contributed by atoms with van der Waals surface area (Å²) in [5, 5.41) is 6.54. The first-order valence-corrected chi connectivity index (χ1v) is 7.74. The van der Waals surface area contributed by atoms with Crippen LogP contribution in [0, 0.1) is 0 Å². The molecule has 2 aromatic heterocycles. The largest absolute Gasteiger partial charge is 0.376 e. The van der Waals surface area contributed by atoms with Crippen LogP contribution in [0.15, 0.2) is 30.6 Å². The molecule has 0 spiro atoms. The van der Waals surface area contributed by atoms with Gasteiger partial charge in [-0.3, -0.25) is 4.98 Å². The van der Waals surface area contributed by atoms with Crippen molar-refractivity contribution in [2.24, 2.45) is 0 Å². The predicted octanol–water partition coefficient (Wildman–Crippen LogP) is 2.56. The van der Waals surface area contributed by atoms with Gasteiger partial charge in [-0.2, -0.15) is 4.98 Å². The summed E-state index contributed by atoms with van der Waals surface area (Å²) in [7, 11) is 0. The zero-order chi connectivity index (χ0) is 15.2. The second-order valence-electron chi connectivity index (χ2n) is 5.24. The zero-order valence-corrected chi connectivity index (χ0v) is 12.7. The molecule has 0 unspecified atom stereocenters. The maximum atomic E-state index is 5.64. The third kappa shape index (κ3) is 3.71.